The highest BCUT2D eigenvalue weighted by molar-refractivity contribution is 5.85. The van der Waals surface area contributed by atoms with Crippen molar-refractivity contribution in [3.8, 4) is 0 Å². The second-order valence-corrected chi connectivity index (χ2v) is 5.06. The van der Waals surface area contributed by atoms with E-state index >= 15 is 0 Å². The van der Waals surface area contributed by atoms with E-state index in [1.54, 1.807) is 7.05 Å². The first-order chi connectivity index (χ1) is 7.03. The molecule has 0 radical (unpaired) electrons. The number of likely N-dealkylation sites (N-methyl/N-ethyl adjacent to an activating group) is 1. The Hall–Kier alpha value is -0.610. The van der Waals surface area contributed by atoms with Crippen LogP contribution in [-0.2, 0) is 9.53 Å². The van der Waals surface area contributed by atoms with Crippen LogP contribution in [0.2, 0.25) is 0 Å². The van der Waals surface area contributed by atoms with Crippen molar-refractivity contribution in [2.75, 3.05) is 7.05 Å². The molecule has 3 unspecified atom stereocenters. The van der Waals surface area contributed by atoms with Crippen LogP contribution in [0.4, 0.5) is 0 Å². The van der Waals surface area contributed by atoms with Crippen LogP contribution in [0.1, 0.15) is 33.1 Å². The number of nitrogens with one attached hydrogen (secondary N) is 2. The van der Waals surface area contributed by atoms with Gasteiger partial charge in [0.2, 0.25) is 5.91 Å². The molecule has 3 atom stereocenters. The summed E-state index contributed by atoms with van der Waals surface area (Å²) in [5.41, 5.74) is -0.498. The van der Waals surface area contributed by atoms with Crippen LogP contribution in [-0.4, -0.2) is 36.7 Å². The lowest BCUT2D eigenvalue weighted by Gasteiger charge is -2.27. The highest BCUT2D eigenvalue weighted by Crippen LogP contribution is 2.34. The van der Waals surface area contributed by atoms with Gasteiger partial charge in [0.05, 0.1) is 23.8 Å². The van der Waals surface area contributed by atoms with Crippen LogP contribution < -0.4 is 10.6 Å². The van der Waals surface area contributed by atoms with Gasteiger partial charge in [0.25, 0.3) is 0 Å². The molecule has 4 nitrogen and oxygen atoms in total. The van der Waals surface area contributed by atoms with E-state index in [1.165, 1.54) is 0 Å². The average molecular weight is 212 g/mol. The Kier molecular flexibility index (Phi) is 2.73. The molecule has 86 valence electrons. The number of rotatable bonds is 3. The summed E-state index contributed by atoms with van der Waals surface area (Å²) in [6.45, 7) is 3.77. The summed E-state index contributed by atoms with van der Waals surface area (Å²) >= 11 is 0. The minimum atomic E-state index is -0.498. The molecule has 0 spiro atoms. The Bertz CT molecular complexity index is 265. The zero-order valence-electron chi connectivity index (χ0n) is 9.67. The van der Waals surface area contributed by atoms with E-state index in [1.807, 2.05) is 13.8 Å². The number of amides is 1. The largest absolute Gasteiger partial charge is 0.373 e. The molecule has 2 aliphatic rings. The SMILES string of the molecule is CNC(C)(C)C(=O)NC1CC2CCC1O2. The highest BCUT2D eigenvalue weighted by atomic mass is 16.5. The van der Waals surface area contributed by atoms with Crippen molar-refractivity contribution >= 4 is 5.91 Å². The lowest BCUT2D eigenvalue weighted by atomic mass is 9.94. The summed E-state index contributed by atoms with van der Waals surface area (Å²) in [7, 11) is 1.80. The molecule has 0 saturated carbocycles. The fourth-order valence-corrected chi connectivity index (χ4v) is 2.25. The van der Waals surface area contributed by atoms with E-state index in [9.17, 15) is 4.79 Å². The molecule has 2 N–H and O–H groups in total. The third kappa shape index (κ3) is 2.01. The molecular weight excluding hydrogens is 192 g/mol. The van der Waals surface area contributed by atoms with Gasteiger partial charge in [-0.2, -0.15) is 0 Å². The van der Waals surface area contributed by atoms with Crippen LogP contribution in [0.5, 0.6) is 0 Å². The third-order valence-corrected chi connectivity index (χ3v) is 3.62. The number of fused-ring (bicyclic) bond motifs is 2. The Labute approximate surface area is 90.8 Å². The van der Waals surface area contributed by atoms with E-state index in [2.05, 4.69) is 10.6 Å². The Morgan fingerprint density at radius 2 is 2.13 bits per heavy atom. The van der Waals surface area contributed by atoms with Gasteiger partial charge in [-0.15, -0.1) is 0 Å². The van der Waals surface area contributed by atoms with E-state index in [0.717, 1.165) is 19.3 Å². The van der Waals surface area contributed by atoms with Gasteiger partial charge in [-0.1, -0.05) is 0 Å². The lowest BCUT2D eigenvalue weighted by Crippen LogP contribution is -2.55. The van der Waals surface area contributed by atoms with Gasteiger partial charge < -0.3 is 15.4 Å². The zero-order chi connectivity index (χ0) is 11.1. The van der Waals surface area contributed by atoms with Crippen molar-refractivity contribution in [3.05, 3.63) is 0 Å². The van der Waals surface area contributed by atoms with Crippen molar-refractivity contribution < 1.29 is 9.53 Å². The second-order valence-electron chi connectivity index (χ2n) is 5.06. The number of hydrogen-bond donors (Lipinski definition) is 2. The summed E-state index contributed by atoms with van der Waals surface area (Å²) in [5, 5.41) is 6.08. The van der Waals surface area contributed by atoms with Gasteiger partial charge in [0.15, 0.2) is 0 Å². The Morgan fingerprint density at radius 1 is 1.40 bits per heavy atom. The maximum Gasteiger partial charge on any atom is 0.240 e. The summed E-state index contributed by atoms with van der Waals surface area (Å²) < 4.78 is 5.70. The maximum atomic E-state index is 11.9. The fourth-order valence-electron chi connectivity index (χ4n) is 2.25. The van der Waals surface area contributed by atoms with E-state index in [-0.39, 0.29) is 18.1 Å². The molecule has 0 aliphatic carbocycles. The average Bonchev–Trinajstić information content (AvgIpc) is 2.79. The quantitative estimate of drug-likeness (QED) is 0.713. The maximum absolute atomic E-state index is 11.9. The third-order valence-electron chi connectivity index (χ3n) is 3.62. The molecule has 4 heteroatoms. The van der Waals surface area contributed by atoms with Gasteiger partial charge in [-0.05, 0) is 40.2 Å². The van der Waals surface area contributed by atoms with Crippen LogP contribution >= 0.6 is 0 Å². The minimum absolute atomic E-state index is 0.0613. The number of ether oxygens (including phenoxy) is 1. The minimum Gasteiger partial charge on any atom is -0.373 e. The van der Waals surface area contributed by atoms with Crippen molar-refractivity contribution in [3.63, 3.8) is 0 Å². The fraction of sp³-hybridized carbons (Fsp3) is 0.909. The summed E-state index contributed by atoms with van der Waals surface area (Å²) in [6.07, 6.45) is 3.88. The molecule has 0 aromatic heterocycles. The van der Waals surface area contributed by atoms with Gasteiger partial charge in [-0.3, -0.25) is 4.79 Å². The number of hydrogen-bond acceptors (Lipinski definition) is 3. The smallest absolute Gasteiger partial charge is 0.240 e. The van der Waals surface area contributed by atoms with Crippen molar-refractivity contribution in [1.29, 1.82) is 0 Å². The van der Waals surface area contributed by atoms with E-state index in [4.69, 9.17) is 4.74 Å². The van der Waals surface area contributed by atoms with Gasteiger partial charge in [0.1, 0.15) is 0 Å². The summed E-state index contributed by atoms with van der Waals surface area (Å²) in [6, 6.07) is 0.226. The van der Waals surface area contributed by atoms with E-state index in [0.29, 0.717) is 6.10 Å². The van der Waals surface area contributed by atoms with E-state index < -0.39 is 5.54 Å². The summed E-state index contributed by atoms with van der Waals surface area (Å²) in [5.74, 6) is 0.0613. The topological polar surface area (TPSA) is 50.4 Å². The van der Waals surface area contributed by atoms with Gasteiger partial charge in [0, 0.05) is 0 Å². The number of carbonyl (C=O) groups excluding carboxylic acids is 1. The molecule has 2 fully saturated rings. The second kappa shape index (κ2) is 3.76. The normalized spacial score (nSPS) is 34.5. The molecule has 0 aromatic rings. The molecule has 1 amide bonds. The standard InChI is InChI=1S/C11H20N2O2/c1-11(2,12-3)10(14)13-8-6-7-4-5-9(8)15-7/h7-9,12H,4-6H2,1-3H3,(H,13,14). The predicted octanol–water partition coefficient (Wildman–Crippen LogP) is 0.420. The first-order valence-electron chi connectivity index (χ1n) is 5.68. The Morgan fingerprint density at radius 3 is 2.60 bits per heavy atom. The van der Waals surface area contributed by atoms with Gasteiger partial charge >= 0.3 is 0 Å². The summed E-state index contributed by atoms with van der Waals surface area (Å²) in [4.78, 5) is 11.9. The van der Waals surface area contributed by atoms with Crippen LogP contribution in [0, 0.1) is 0 Å². The highest BCUT2D eigenvalue weighted by Gasteiger charge is 2.42. The first kappa shape index (κ1) is 10.9. The monoisotopic (exact) mass is 212 g/mol. The molecule has 15 heavy (non-hydrogen) atoms. The van der Waals surface area contributed by atoms with Crippen molar-refractivity contribution in [1.82, 2.24) is 10.6 Å². The lowest BCUT2D eigenvalue weighted by molar-refractivity contribution is -0.127. The molecule has 2 aliphatic heterocycles. The number of carbonyl (C=O) groups is 1. The molecular formula is C11H20N2O2. The van der Waals surface area contributed by atoms with Crippen LogP contribution in [0.15, 0.2) is 0 Å². The molecule has 2 saturated heterocycles. The Balaban J connectivity index is 1.90. The first-order valence-corrected chi connectivity index (χ1v) is 5.68. The molecule has 2 heterocycles. The van der Waals surface area contributed by atoms with Crippen molar-refractivity contribution in [2.24, 2.45) is 0 Å². The van der Waals surface area contributed by atoms with Crippen LogP contribution in [0.3, 0.4) is 0 Å². The van der Waals surface area contributed by atoms with Gasteiger partial charge in [-0.25, -0.2) is 0 Å². The predicted molar refractivity (Wildman–Crippen MR) is 57.6 cm³/mol. The van der Waals surface area contributed by atoms with Crippen molar-refractivity contribution in [2.45, 2.75) is 56.9 Å². The molecule has 0 aromatic carbocycles. The van der Waals surface area contributed by atoms with Crippen LogP contribution in [0.25, 0.3) is 0 Å². The molecule has 2 bridgehead atoms. The zero-order valence-corrected chi connectivity index (χ0v) is 9.67. The molecule has 2 rings (SSSR count).